The second-order valence-electron chi connectivity index (χ2n) is 9.78. The summed E-state index contributed by atoms with van der Waals surface area (Å²) in [6.07, 6.45) is 0.622. The standard InChI is InChI=1S/C30H33FN4O2/c1-21-12-13-22(2)24(18-21)28-19-26(23-8-4-7-11-29(23)37-3)32-35(28)30(36)20-33-14-16-34(17-15-33)27-10-6-5-9-25(27)31/h4-13,18,28H,14-17,19-20H2,1-3H3. The molecule has 5 rings (SSSR count). The molecule has 0 aromatic heterocycles. The summed E-state index contributed by atoms with van der Waals surface area (Å²) in [5.41, 5.74) is 5.79. The lowest BCUT2D eigenvalue weighted by Crippen LogP contribution is -2.49. The smallest absolute Gasteiger partial charge is 0.257 e. The van der Waals surface area contributed by atoms with Crippen LogP contribution in [0, 0.1) is 19.7 Å². The molecule has 0 spiro atoms. The summed E-state index contributed by atoms with van der Waals surface area (Å²) in [5.74, 6) is 0.508. The molecule has 1 atom stereocenters. The van der Waals surface area contributed by atoms with Crippen LogP contribution in [0.4, 0.5) is 10.1 Å². The second-order valence-corrected chi connectivity index (χ2v) is 9.78. The van der Waals surface area contributed by atoms with Crippen LogP contribution in [0.2, 0.25) is 0 Å². The molecule has 1 fully saturated rings. The van der Waals surface area contributed by atoms with Crippen molar-refractivity contribution in [2.75, 3.05) is 44.7 Å². The number of hydrazone groups is 1. The van der Waals surface area contributed by atoms with E-state index in [0.717, 1.165) is 33.7 Å². The number of carbonyl (C=O) groups excluding carboxylic acids is 1. The van der Waals surface area contributed by atoms with Crippen molar-refractivity contribution in [2.45, 2.75) is 26.3 Å². The molecule has 0 saturated carbocycles. The van der Waals surface area contributed by atoms with Crippen molar-refractivity contribution in [1.29, 1.82) is 0 Å². The lowest BCUT2D eigenvalue weighted by Gasteiger charge is -2.36. The normalized spacial score (nSPS) is 18.2. The van der Waals surface area contributed by atoms with E-state index in [-0.39, 0.29) is 24.3 Å². The van der Waals surface area contributed by atoms with E-state index < -0.39 is 0 Å². The molecule has 37 heavy (non-hydrogen) atoms. The molecule has 6 nitrogen and oxygen atoms in total. The number of para-hydroxylation sites is 2. The van der Waals surface area contributed by atoms with Crippen LogP contribution in [-0.2, 0) is 4.79 Å². The van der Waals surface area contributed by atoms with Crippen LogP contribution in [0.1, 0.15) is 34.7 Å². The predicted molar refractivity (Wildman–Crippen MR) is 145 cm³/mol. The maximum Gasteiger partial charge on any atom is 0.257 e. The second kappa shape index (κ2) is 10.7. The van der Waals surface area contributed by atoms with Crippen molar-refractivity contribution in [3.05, 3.63) is 94.8 Å². The van der Waals surface area contributed by atoms with Crippen LogP contribution in [0.3, 0.4) is 0 Å². The molecule has 0 radical (unpaired) electrons. The Kier molecular flexibility index (Phi) is 7.24. The summed E-state index contributed by atoms with van der Waals surface area (Å²) in [6.45, 7) is 7.14. The van der Waals surface area contributed by atoms with E-state index >= 15 is 0 Å². The highest BCUT2D eigenvalue weighted by Gasteiger charge is 2.35. The average Bonchev–Trinajstić information content (AvgIpc) is 3.36. The SMILES string of the molecule is COc1ccccc1C1=NN(C(=O)CN2CCN(c3ccccc3F)CC2)C(c2cc(C)ccc2C)C1. The van der Waals surface area contributed by atoms with Crippen LogP contribution in [-0.4, -0.2) is 61.4 Å². The minimum atomic E-state index is -0.210. The number of carbonyl (C=O) groups is 1. The molecule has 3 aromatic rings. The Morgan fingerprint density at radius 1 is 1.00 bits per heavy atom. The molecule has 0 N–H and O–H groups in total. The molecular weight excluding hydrogens is 467 g/mol. The van der Waals surface area contributed by atoms with E-state index in [1.165, 1.54) is 6.07 Å². The minimum Gasteiger partial charge on any atom is -0.496 e. The van der Waals surface area contributed by atoms with Crippen LogP contribution in [0.15, 0.2) is 71.8 Å². The number of piperazine rings is 1. The predicted octanol–water partition coefficient (Wildman–Crippen LogP) is 4.95. The average molecular weight is 501 g/mol. The highest BCUT2D eigenvalue weighted by molar-refractivity contribution is 6.05. The van der Waals surface area contributed by atoms with Crippen molar-refractivity contribution in [2.24, 2.45) is 5.10 Å². The van der Waals surface area contributed by atoms with Gasteiger partial charge in [0, 0.05) is 38.2 Å². The number of benzene rings is 3. The Morgan fingerprint density at radius 3 is 2.49 bits per heavy atom. The monoisotopic (exact) mass is 500 g/mol. The largest absolute Gasteiger partial charge is 0.496 e. The lowest BCUT2D eigenvalue weighted by molar-refractivity contribution is -0.134. The first-order chi connectivity index (χ1) is 17.9. The Balaban J connectivity index is 1.36. The number of hydrogen-bond acceptors (Lipinski definition) is 5. The fourth-order valence-electron chi connectivity index (χ4n) is 5.27. The fraction of sp³-hybridized carbons (Fsp3) is 0.333. The third-order valence-electron chi connectivity index (χ3n) is 7.30. The molecule has 2 heterocycles. The van der Waals surface area contributed by atoms with Crippen molar-refractivity contribution in [3.8, 4) is 5.75 Å². The first-order valence-corrected chi connectivity index (χ1v) is 12.8. The van der Waals surface area contributed by atoms with Crippen molar-refractivity contribution in [1.82, 2.24) is 9.91 Å². The van der Waals surface area contributed by atoms with E-state index in [1.807, 2.05) is 41.3 Å². The van der Waals surface area contributed by atoms with Gasteiger partial charge in [-0.3, -0.25) is 9.69 Å². The zero-order chi connectivity index (χ0) is 25.9. The van der Waals surface area contributed by atoms with Gasteiger partial charge in [0.2, 0.25) is 0 Å². The maximum atomic E-state index is 14.2. The van der Waals surface area contributed by atoms with E-state index in [2.05, 4.69) is 36.9 Å². The van der Waals surface area contributed by atoms with Gasteiger partial charge in [-0.25, -0.2) is 9.40 Å². The number of anilines is 1. The van der Waals surface area contributed by atoms with Crippen molar-refractivity contribution >= 4 is 17.3 Å². The first kappa shape index (κ1) is 25.0. The van der Waals surface area contributed by atoms with Gasteiger partial charge in [0.05, 0.1) is 31.1 Å². The van der Waals surface area contributed by atoms with Gasteiger partial charge in [0.25, 0.3) is 5.91 Å². The Hall–Kier alpha value is -3.71. The quantitative estimate of drug-likeness (QED) is 0.481. The maximum absolute atomic E-state index is 14.2. The summed E-state index contributed by atoms with van der Waals surface area (Å²) >= 11 is 0. The lowest BCUT2D eigenvalue weighted by atomic mass is 9.93. The Labute approximate surface area is 217 Å². The molecule has 1 saturated heterocycles. The van der Waals surface area contributed by atoms with Crippen LogP contribution in [0.25, 0.3) is 0 Å². The number of aryl methyl sites for hydroxylation is 2. The number of nitrogens with zero attached hydrogens (tertiary/aromatic N) is 4. The van der Waals surface area contributed by atoms with E-state index in [0.29, 0.717) is 38.3 Å². The summed E-state index contributed by atoms with van der Waals surface area (Å²) in [6, 6.07) is 20.9. The topological polar surface area (TPSA) is 48.4 Å². The zero-order valence-corrected chi connectivity index (χ0v) is 21.7. The summed E-state index contributed by atoms with van der Waals surface area (Å²) in [7, 11) is 1.65. The van der Waals surface area contributed by atoms with Gasteiger partial charge in [-0.15, -0.1) is 0 Å². The van der Waals surface area contributed by atoms with Gasteiger partial charge in [-0.05, 0) is 49.2 Å². The summed E-state index contributed by atoms with van der Waals surface area (Å²) in [4.78, 5) is 17.9. The third kappa shape index (κ3) is 5.23. The molecule has 0 aliphatic carbocycles. The zero-order valence-electron chi connectivity index (χ0n) is 21.7. The highest BCUT2D eigenvalue weighted by Crippen LogP contribution is 2.37. The van der Waals surface area contributed by atoms with Gasteiger partial charge < -0.3 is 9.64 Å². The van der Waals surface area contributed by atoms with Gasteiger partial charge in [0.1, 0.15) is 11.6 Å². The number of methoxy groups -OCH3 is 1. The summed E-state index contributed by atoms with van der Waals surface area (Å²) < 4.78 is 19.8. The molecule has 3 aromatic carbocycles. The van der Waals surface area contributed by atoms with Crippen LogP contribution < -0.4 is 9.64 Å². The highest BCUT2D eigenvalue weighted by atomic mass is 19.1. The number of halogens is 1. The Bertz CT molecular complexity index is 1320. The Morgan fingerprint density at radius 2 is 1.73 bits per heavy atom. The molecule has 1 unspecified atom stereocenters. The molecule has 1 amide bonds. The van der Waals surface area contributed by atoms with E-state index in [4.69, 9.17) is 9.84 Å². The molecule has 192 valence electrons. The third-order valence-corrected chi connectivity index (χ3v) is 7.30. The molecule has 2 aliphatic rings. The van der Waals surface area contributed by atoms with Crippen molar-refractivity contribution in [3.63, 3.8) is 0 Å². The van der Waals surface area contributed by atoms with Gasteiger partial charge in [-0.1, -0.05) is 48.0 Å². The fourth-order valence-corrected chi connectivity index (χ4v) is 5.27. The van der Waals surface area contributed by atoms with E-state index in [9.17, 15) is 9.18 Å². The first-order valence-electron chi connectivity index (χ1n) is 12.8. The van der Waals surface area contributed by atoms with Gasteiger partial charge >= 0.3 is 0 Å². The van der Waals surface area contributed by atoms with E-state index in [1.54, 1.807) is 18.2 Å². The van der Waals surface area contributed by atoms with Crippen LogP contribution in [0.5, 0.6) is 5.75 Å². The van der Waals surface area contributed by atoms with Gasteiger partial charge in [-0.2, -0.15) is 5.10 Å². The summed E-state index contributed by atoms with van der Waals surface area (Å²) in [5, 5.41) is 6.54. The molecule has 0 bridgehead atoms. The molecule has 7 heteroatoms. The molecular formula is C30H33FN4O2. The number of amides is 1. The van der Waals surface area contributed by atoms with Gasteiger partial charge in [0.15, 0.2) is 0 Å². The number of ether oxygens (including phenoxy) is 1. The number of hydrogen-bond donors (Lipinski definition) is 0. The minimum absolute atomic E-state index is 0.0323. The molecule has 2 aliphatic heterocycles. The van der Waals surface area contributed by atoms with Crippen LogP contribution >= 0.6 is 0 Å². The number of rotatable bonds is 6. The van der Waals surface area contributed by atoms with Crippen molar-refractivity contribution < 1.29 is 13.9 Å².